The summed E-state index contributed by atoms with van der Waals surface area (Å²) in [6, 6.07) is 23.2. The first-order valence-corrected chi connectivity index (χ1v) is 14.3. The van der Waals surface area contributed by atoms with Crippen molar-refractivity contribution < 1.29 is 19.1 Å². The molecule has 3 amide bonds. The molecule has 6 rings (SSSR count). The third-order valence-corrected chi connectivity index (χ3v) is 7.30. The van der Waals surface area contributed by atoms with Crippen LogP contribution in [0.5, 0.6) is 0 Å². The summed E-state index contributed by atoms with van der Waals surface area (Å²) < 4.78 is 6.50. The highest BCUT2D eigenvalue weighted by Gasteiger charge is 2.29. The van der Waals surface area contributed by atoms with E-state index in [9.17, 15) is 14.4 Å². The summed E-state index contributed by atoms with van der Waals surface area (Å²) >= 11 is 6.23. The van der Waals surface area contributed by atoms with Gasteiger partial charge in [-0.15, -0.1) is 5.10 Å². The van der Waals surface area contributed by atoms with Gasteiger partial charge in [0.15, 0.2) is 0 Å². The van der Waals surface area contributed by atoms with Crippen molar-refractivity contribution in [2.75, 3.05) is 11.5 Å². The van der Waals surface area contributed by atoms with Gasteiger partial charge in [0.05, 0.1) is 35.7 Å². The monoisotopic (exact) mass is 620 g/mol. The smallest absolute Gasteiger partial charge is 0.421 e. The zero-order chi connectivity index (χ0) is 31.2. The lowest BCUT2D eigenvalue weighted by atomic mass is 10.00. The van der Waals surface area contributed by atoms with Crippen molar-refractivity contribution in [3.63, 3.8) is 0 Å². The molecule has 2 aromatic heterocycles. The van der Waals surface area contributed by atoms with Crippen molar-refractivity contribution in [1.82, 2.24) is 35.7 Å². The predicted molar refractivity (Wildman–Crippen MR) is 165 cm³/mol. The number of cyclic esters (lactones) is 1. The normalized spacial score (nSPS) is 13.9. The maximum absolute atomic E-state index is 13.3. The van der Waals surface area contributed by atoms with Crippen molar-refractivity contribution >= 4 is 41.3 Å². The molecular formula is C32H25ClN8O4. The summed E-state index contributed by atoms with van der Waals surface area (Å²) in [5.41, 5.74) is 4.79. The van der Waals surface area contributed by atoms with Gasteiger partial charge in [0.2, 0.25) is 11.8 Å². The molecule has 1 saturated heterocycles. The number of carbonyl (C=O) groups is 3. The fourth-order valence-corrected chi connectivity index (χ4v) is 5.05. The number of aromatic nitrogens is 6. The second kappa shape index (κ2) is 13.3. The molecule has 0 saturated carbocycles. The highest BCUT2D eigenvalue weighted by Crippen LogP contribution is 2.27. The number of hydrogen-bond acceptors (Lipinski definition) is 9. The molecule has 3 heterocycles. The molecule has 5 aromatic rings. The molecule has 0 spiro atoms. The Hall–Kier alpha value is -5.75. The lowest BCUT2D eigenvalue weighted by Crippen LogP contribution is -2.42. The van der Waals surface area contributed by atoms with E-state index in [2.05, 4.69) is 31.0 Å². The van der Waals surface area contributed by atoms with E-state index in [-0.39, 0.29) is 24.8 Å². The van der Waals surface area contributed by atoms with E-state index in [0.717, 1.165) is 21.6 Å². The first kappa shape index (κ1) is 29.3. The highest BCUT2D eigenvalue weighted by atomic mass is 35.5. The zero-order valence-corrected chi connectivity index (χ0v) is 24.4. The van der Waals surface area contributed by atoms with Crippen molar-refractivity contribution in [2.24, 2.45) is 0 Å². The quantitative estimate of drug-likeness (QED) is 0.231. The Labute approximate surface area is 262 Å². The maximum atomic E-state index is 13.3. The summed E-state index contributed by atoms with van der Waals surface area (Å²) in [4.78, 5) is 38.7. The number of anilines is 1. The molecule has 1 aliphatic rings. The number of tetrazole rings is 1. The molecule has 1 fully saturated rings. The molecule has 0 aliphatic carbocycles. The van der Waals surface area contributed by atoms with Gasteiger partial charge in [-0.05, 0) is 70.4 Å². The number of nitrogens with zero attached hydrogens (tertiary/aromatic N) is 7. The van der Waals surface area contributed by atoms with Gasteiger partial charge in [-0.2, -0.15) is 14.9 Å². The third-order valence-electron chi connectivity index (χ3n) is 7.06. The highest BCUT2D eigenvalue weighted by molar-refractivity contribution is 6.30. The van der Waals surface area contributed by atoms with E-state index in [0.29, 0.717) is 34.1 Å². The van der Waals surface area contributed by atoms with Gasteiger partial charge in [0.25, 0.3) is 0 Å². The Morgan fingerprint density at radius 3 is 2.58 bits per heavy atom. The first-order valence-electron chi connectivity index (χ1n) is 13.9. The van der Waals surface area contributed by atoms with Crippen LogP contribution in [0.25, 0.3) is 22.9 Å². The number of rotatable bonds is 9. The number of halogens is 1. The molecule has 224 valence electrons. The number of ether oxygens (including phenoxy) is 1. The van der Waals surface area contributed by atoms with Crippen molar-refractivity contribution in [3.8, 4) is 16.8 Å². The average Bonchev–Trinajstić information content (AvgIpc) is 3.59. The van der Waals surface area contributed by atoms with Crippen LogP contribution in [-0.4, -0.2) is 54.9 Å². The van der Waals surface area contributed by atoms with Gasteiger partial charge in [0, 0.05) is 22.2 Å². The lowest BCUT2D eigenvalue weighted by Gasteiger charge is -2.24. The van der Waals surface area contributed by atoms with E-state index in [1.165, 1.54) is 17.1 Å². The molecule has 1 aliphatic heterocycles. The summed E-state index contributed by atoms with van der Waals surface area (Å²) in [6.07, 6.45) is 6.03. The van der Waals surface area contributed by atoms with Crippen LogP contribution in [-0.2, 0) is 20.7 Å². The summed E-state index contributed by atoms with van der Waals surface area (Å²) in [6.45, 7) is 0.0799. The number of imide groups is 1. The Morgan fingerprint density at radius 1 is 1.00 bits per heavy atom. The molecule has 45 heavy (non-hydrogen) atoms. The Balaban J connectivity index is 1.25. The van der Waals surface area contributed by atoms with E-state index >= 15 is 0 Å². The maximum Gasteiger partial charge on any atom is 0.421 e. The minimum atomic E-state index is -0.692. The molecular weight excluding hydrogens is 596 g/mol. The van der Waals surface area contributed by atoms with Gasteiger partial charge in [-0.25, -0.2) is 9.69 Å². The van der Waals surface area contributed by atoms with Gasteiger partial charge in [-0.1, -0.05) is 54.1 Å². The van der Waals surface area contributed by atoms with Crippen molar-refractivity contribution in [1.29, 1.82) is 0 Å². The molecule has 12 nitrogen and oxygen atoms in total. The Morgan fingerprint density at radius 2 is 1.82 bits per heavy atom. The van der Waals surface area contributed by atoms with Crippen LogP contribution < -0.4 is 10.2 Å². The fraction of sp³-hybridized carbons (Fsp3) is 0.125. The van der Waals surface area contributed by atoms with Crippen LogP contribution in [0.15, 0.2) is 97.5 Å². The van der Waals surface area contributed by atoms with E-state index in [4.69, 9.17) is 16.3 Å². The zero-order valence-electron chi connectivity index (χ0n) is 23.7. The van der Waals surface area contributed by atoms with Gasteiger partial charge in [-0.3, -0.25) is 9.59 Å². The summed E-state index contributed by atoms with van der Waals surface area (Å²) in [5.74, 6) is -0.671. The number of hydrogen-bond donors (Lipinski definition) is 1. The second-order valence-corrected chi connectivity index (χ2v) is 10.5. The first-order chi connectivity index (χ1) is 21.9. The van der Waals surface area contributed by atoms with Crippen LogP contribution >= 0.6 is 11.6 Å². The van der Waals surface area contributed by atoms with Crippen LogP contribution in [0.4, 0.5) is 10.5 Å². The second-order valence-electron chi connectivity index (χ2n) is 10.1. The van der Waals surface area contributed by atoms with E-state index in [1.807, 2.05) is 36.4 Å². The number of benzene rings is 3. The fourth-order valence-electron chi connectivity index (χ4n) is 4.87. The minimum absolute atomic E-state index is 0.0799. The summed E-state index contributed by atoms with van der Waals surface area (Å²) in [5, 5.41) is 23.4. The van der Waals surface area contributed by atoms with E-state index < -0.39 is 12.1 Å². The molecule has 0 bridgehead atoms. The Bertz CT molecular complexity index is 1850. The topological polar surface area (TPSA) is 145 Å². The van der Waals surface area contributed by atoms with Gasteiger partial charge >= 0.3 is 6.09 Å². The average molecular weight is 621 g/mol. The number of carbonyl (C=O) groups excluding carboxylic acids is 3. The van der Waals surface area contributed by atoms with Crippen LogP contribution in [0.2, 0.25) is 5.02 Å². The van der Waals surface area contributed by atoms with E-state index in [1.54, 1.807) is 54.7 Å². The van der Waals surface area contributed by atoms with Crippen LogP contribution in [0, 0.1) is 0 Å². The Kier molecular flexibility index (Phi) is 8.65. The molecule has 1 N–H and O–H groups in total. The van der Waals surface area contributed by atoms with Gasteiger partial charge in [0.1, 0.15) is 12.9 Å². The van der Waals surface area contributed by atoms with Crippen LogP contribution in [0.1, 0.15) is 29.3 Å². The molecule has 1 unspecified atom stereocenters. The van der Waals surface area contributed by atoms with Gasteiger partial charge < -0.3 is 10.1 Å². The lowest BCUT2D eigenvalue weighted by molar-refractivity contribution is -0.120. The number of nitrogens with one attached hydrogen (secondary N) is 1. The minimum Gasteiger partial charge on any atom is -0.448 e. The van der Waals surface area contributed by atoms with Crippen LogP contribution in [0.3, 0.4) is 0 Å². The molecule has 3 aromatic carbocycles. The molecule has 1 atom stereocenters. The summed E-state index contributed by atoms with van der Waals surface area (Å²) in [7, 11) is 0. The third kappa shape index (κ3) is 6.92. The predicted octanol–water partition coefficient (Wildman–Crippen LogP) is 4.76. The standard InChI is InChI=1S/C32H25ClN8O4/c33-25-9-12-29(40-20-35-38-39-40)23(17-25)8-13-30(42)36-27(16-21-4-2-1-3-5-21)28-18-24(19-34-37-28)22-6-10-26(11-7-22)41-31(43)14-15-45-32(41)44/h1-13,17-20,27H,14-16H2,(H,36,42). The largest absolute Gasteiger partial charge is 0.448 e. The SMILES string of the molecule is O=C(C=Cc1cc(Cl)ccc1-n1cnnn1)NC(Cc1ccccc1)c1cc(-c2ccc(N3C(=O)CCOC3=O)cc2)cnn1. The number of amides is 3. The van der Waals surface area contributed by atoms with Crippen molar-refractivity contribution in [2.45, 2.75) is 18.9 Å². The van der Waals surface area contributed by atoms with Crippen molar-refractivity contribution in [3.05, 3.63) is 119 Å². The molecule has 13 heteroatoms. The molecule has 0 radical (unpaired) electrons.